The molecule has 0 spiro atoms. The molecule has 5 heterocycles. The van der Waals surface area contributed by atoms with E-state index >= 15 is 0 Å². The van der Waals surface area contributed by atoms with Crippen molar-refractivity contribution in [3.8, 4) is 0 Å². The van der Waals surface area contributed by atoms with E-state index in [4.69, 9.17) is 9.26 Å². The van der Waals surface area contributed by atoms with Crippen molar-refractivity contribution in [3.63, 3.8) is 0 Å². The first kappa shape index (κ1) is 24.5. The number of anilines is 1. The first-order valence-electron chi connectivity index (χ1n) is 13.0. The van der Waals surface area contributed by atoms with Gasteiger partial charge in [-0.15, -0.1) is 0 Å². The van der Waals surface area contributed by atoms with Gasteiger partial charge in [-0.25, -0.2) is 4.79 Å². The largest absolute Gasteiger partial charge is 0.454 e. The molecule has 4 aliphatic rings. The number of fused-ring (bicyclic) bond motifs is 3. The molecule has 1 saturated carbocycles. The summed E-state index contributed by atoms with van der Waals surface area (Å²) in [5.41, 5.74) is -0.943. The molecule has 0 radical (unpaired) electrons. The second-order valence-electron chi connectivity index (χ2n) is 10.6. The molecule has 3 aliphatic heterocycles. The number of hydrogen-bond acceptors (Lipinski definition) is 7. The van der Waals surface area contributed by atoms with Crippen LogP contribution in [0.2, 0.25) is 0 Å². The van der Waals surface area contributed by atoms with E-state index in [0.29, 0.717) is 29.0 Å². The van der Waals surface area contributed by atoms with Gasteiger partial charge in [0, 0.05) is 42.7 Å². The number of piperidine rings is 3. The lowest BCUT2D eigenvalue weighted by molar-refractivity contribution is -0.939. The van der Waals surface area contributed by atoms with Crippen molar-refractivity contribution in [1.82, 2.24) is 5.16 Å². The molecular weight excluding hydrogens is 466 g/mol. The zero-order valence-corrected chi connectivity index (χ0v) is 21.2. The molecule has 2 aromatic rings. The van der Waals surface area contributed by atoms with Gasteiger partial charge in [0.1, 0.15) is 12.3 Å². The van der Waals surface area contributed by atoms with Crippen molar-refractivity contribution in [1.29, 1.82) is 0 Å². The minimum atomic E-state index is -1.60. The van der Waals surface area contributed by atoms with Gasteiger partial charge in [-0.3, -0.25) is 4.79 Å². The Labute approximate surface area is 210 Å². The number of aryl methyl sites for hydroxylation is 1. The van der Waals surface area contributed by atoms with Crippen LogP contribution in [-0.2, 0) is 26.3 Å². The van der Waals surface area contributed by atoms with Crippen LogP contribution < -0.4 is 5.32 Å². The van der Waals surface area contributed by atoms with E-state index in [1.54, 1.807) is 6.07 Å². The van der Waals surface area contributed by atoms with Crippen molar-refractivity contribution in [2.45, 2.75) is 70.0 Å². The highest BCUT2D eigenvalue weighted by Gasteiger charge is 2.53. The van der Waals surface area contributed by atoms with Crippen LogP contribution >= 0.6 is 11.3 Å². The quantitative estimate of drug-likeness (QED) is 0.420. The van der Waals surface area contributed by atoms with Crippen LogP contribution in [0.4, 0.5) is 5.82 Å². The average molecular weight is 503 g/mol. The fourth-order valence-corrected chi connectivity index (χ4v) is 7.06. The molecule has 4 fully saturated rings. The van der Waals surface area contributed by atoms with E-state index in [1.165, 1.54) is 11.3 Å². The molecule has 1 amide bonds. The third kappa shape index (κ3) is 4.90. The van der Waals surface area contributed by atoms with Crippen molar-refractivity contribution in [3.05, 3.63) is 34.2 Å². The second kappa shape index (κ2) is 10.0. The highest BCUT2D eigenvalue weighted by molar-refractivity contribution is 7.08. The van der Waals surface area contributed by atoms with Gasteiger partial charge < -0.3 is 24.2 Å². The lowest BCUT2D eigenvalue weighted by Crippen LogP contribution is -2.66. The number of amides is 1. The van der Waals surface area contributed by atoms with Gasteiger partial charge in [0.05, 0.1) is 13.1 Å². The van der Waals surface area contributed by atoms with Crippen LogP contribution in [0.1, 0.15) is 63.2 Å². The molecule has 1 unspecified atom stereocenters. The molecule has 2 aromatic heterocycles. The molecule has 3 saturated heterocycles. The summed E-state index contributed by atoms with van der Waals surface area (Å²) in [6.45, 7) is 4.67. The Morgan fingerprint density at radius 2 is 2.03 bits per heavy atom. The van der Waals surface area contributed by atoms with Crippen LogP contribution in [-0.4, -0.2) is 58.9 Å². The lowest BCUT2D eigenvalue weighted by Gasteiger charge is -2.52. The Morgan fingerprint density at radius 1 is 1.26 bits per heavy atom. The maximum atomic E-state index is 13.6. The molecule has 2 bridgehead atoms. The van der Waals surface area contributed by atoms with Crippen LogP contribution in [0.15, 0.2) is 27.4 Å². The number of nitrogens with one attached hydrogen (secondary N) is 1. The Kier molecular flexibility index (Phi) is 7.01. The van der Waals surface area contributed by atoms with Crippen molar-refractivity contribution < 1.29 is 28.4 Å². The number of carbonyl (C=O) groups excluding carboxylic acids is 2. The molecule has 2 atom stereocenters. The summed E-state index contributed by atoms with van der Waals surface area (Å²) in [7, 11) is 0. The number of ether oxygens (including phenoxy) is 1. The number of quaternary nitrogens is 1. The number of aromatic nitrogens is 1. The lowest BCUT2D eigenvalue weighted by atomic mass is 9.74. The molecule has 2 N–H and O–H groups in total. The van der Waals surface area contributed by atoms with E-state index in [-0.39, 0.29) is 23.8 Å². The van der Waals surface area contributed by atoms with Crippen molar-refractivity contribution in [2.75, 3.05) is 31.5 Å². The summed E-state index contributed by atoms with van der Waals surface area (Å²) in [6.07, 6.45) is 7.11. The molecule has 190 valence electrons. The molecule has 35 heavy (non-hydrogen) atoms. The number of thiophene rings is 1. The summed E-state index contributed by atoms with van der Waals surface area (Å²) in [6, 6.07) is 3.60. The highest BCUT2D eigenvalue weighted by atomic mass is 32.1. The SMILES string of the molecule is CCc1cc(NC(=O)C[N+]23CCC(CC2)[C@@H](OC(=O)C(O)(c2ccsc2)C2CCCCC2)C3)no1. The summed E-state index contributed by atoms with van der Waals surface area (Å²) in [5.74, 6) is 0.705. The topological polar surface area (TPSA) is 102 Å². The van der Waals surface area contributed by atoms with Crippen LogP contribution in [0.25, 0.3) is 0 Å². The molecule has 8 nitrogen and oxygen atoms in total. The fourth-order valence-electron chi connectivity index (χ4n) is 6.35. The number of carbonyl (C=O) groups is 2. The zero-order valence-electron chi connectivity index (χ0n) is 20.4. The van der Waals surface area contributed by atoms with Gasteiger partial charge in [0.2, 0.25) is 0 Å². The Morgan fingerprint density at radius 3 is 2.69 bits per heavy atom. The van der Waals surface area contributed by atoms with Crippen molar-refractivity contribution >= 4 is 29.0 Å². The predicted octanol–water partition coefficient (Wildman–Crippen LogP) is 3.86. The first-order valence-corrected chi connectivity index (χ1v) is 13.9. The maximum absolute atomic E-state index is 13.6. The summed E-state index contributed by atoms with van der Waals surface area (Å²) in [5, 5.41) is 22.4. The van der Waals surface area contributed by atoms with Gasteiger partial charge in [-0.1, -0.05) is 31.3 Å². The monoisotopic (exact) mass is 502 g/mol. The van der Waals surface area contributed by atoms with Gasteiger partial charge in [-0.05, 0) is 29.7 Å². The molecule has 6 rings (SSSR count). The Hall–Kier alpha value is -2.23. The highest BCUT2D eigenvalue weighted by Crippen LogP contribution is 2.43. The summed E-state index contributed by atoms with van der Waals surface area (Å²) >= 11 is 1.49. The second-order valence-corrected chi connectivity index (χ2v) is 11.4. The molecule has 0 aromatic carbocycles. The minimum Gasteiger partial charge on any atom is -0.454 e. The zero-order chi connectivity index (χ0) is 24.5. The third-order valence-electron chi connectivity index (χ3n) is 8.42. The van der Waals surface area contributed by atoms with E-state index in [9.17, 15) is 14.7 Å². The third-order valence-corrected chi connectivity index (χ3v) is 9.11. The van der Waals surface area contributed by atoms with Gasteiger partial charge >= 0.3 is 5.97 Å². The maximum Gasteiger partial charge on any atom is 0.343 e. The number of nitrogens with zero attached hydrogens (tertiary/aromatic N) is 2. The van der Waals surface area contributed by atoms with E-state index < -0.39 is 11.6 Å². The van der Waals surface area contributed by atoms with Crippen LogP contribution in [0.5, 0.6) is 0 Å². The van der Waals surface area contributed by atoms with E-state index in [0.717, 1.165) is 70.2 Å². The molecule has 1 aliphatic carbocycles. The predicted molar refractivity (Wildman–Crippen MR) is 132 cm³/mol. The number of hydrogen-bond donors (Lipinski definition) is 2. The van der Waals surface area contributed by atoms with E-state index in [2.05, 4.69) is 10.5 Å². The van der Waals surface area contributed by atoms with Crippen LogP contribution in [0, 0.1) is 11.8 Å². The van der Waals surface area contributed by atoms with Gasteiger partial charge in [0.25, 0.3) is 5.91 Å². The standard InChI is InChI=1S/C26H35N3O5S/c1-2-21-14-23(28-34-21)27-24(30)16-29-11-8-18(9-12-29)22(15-29)33-25(31)26(32,20-10-13-35-17-20)19-6-4-3-5-7-19/h10,13-14,17-19,22,32H,2-9,11-12,15-16H2,1H3/p+1/t18?,22-,26?,29?/m0/s1. The first-order chi connectivity index (χ1) is 16.9. The number of aliphatic hydroxyl groups is 1. The number of esters is 1. The fraction of sp³-hybridized carbons (Fsp3) is 0.654. The Bertz CT molecular complexity index is 1020. The average Bonchev–Trinajstić information content (AvgIpc) is 3.57. The summed E-state index contributed by atoms with van der Waals surface area (Å²) < 4.78 is 11.9. The Balaban J connectivity index is 1.27. The molecule has 9 heteroatoms. The summed E-state index contributed by atoms with van der Waals surface area (Å²) in [4.78, 5) is 26.5. The number of rotatable bonds is 8. The van der Waals surface area contributed by atoms with E-state index in [1.807, 2.05) is 23.8 Å². The minimum absolute atomic E-state index is 0.108. The smallest absolute Gasteiger partial charge is 0.343 e. The van der Waals surface area contributed by atoms with Crippen LogP contribution in [0.3, 0.4) is 0 Å². The molecular formula is C26H36N3O5S+. The van der Waals surface area contributed by atoms with Crippen molar-refractivity contribution in [2.24, 2.45) is 11.8 Å². The van der Waals surface area contributed by atoms with Gasteiger partial charge in [0.15, 0.2) is 24.1 Å². The van der Waals surface area contributed by atoms with Gasteiger partial charge in [-0.2, -0.15) is 11.3 Å². The normalized spacial score (nSPS) is 28.4.